The maximum absolute atomic E-state index is 12.5. The molecule has 1 atom stereocenters. The molecule has 0 radical (unpaired) electrons. The van der Waals surface area contributed by atoms with E-state index in [2.05, 4.69) is 16.7 Å². The van der Waals surface area contributed by atoms with Gasteiger partial charge in [0.2, 0.25) is 5.91 Å². The molecule has 0 fully saturated rings. The molecular weight excluding hydrogens is 264 g/mol. The number of phenols is 1. The van der Waals surface area contributed by atoms with Gasteiger partial charge in [0.15, 0.2) is 0 Å². The molecule has 4 heteroatoms. The van der Waals surface area contributed by atoms with E-state index in [-0.39, 0.29) is 17.7 Å². The molecule has 0 aliphatic carbocycles. The van der Waals surface area contributed by atoms with Gasteiger partial charge in [-0.05, 0) is 36.1 Å². The number of benzene rings is 2. The van der Waals surface area contributed by atoms with Gasteiger partial charge in [-0.3, -0.25) is 4.79 Å². The van der Waals surface area contributed by atoms with Gasteiger partial charge in [-0.2, -0.15) is 0 Å². The van der Waals surface area contributed by atoms with Gasteiger partial charge in [0, 0.05) is 18.3 Å². The first-order valence-electron chi connectivity index (χ1n) is 7.07. The van der Waals surface area contributed by atoms with Crippen LogP contribution in [0.1, 0.15) is 22.7 Å². The van der Waals surface area contributed by atoms with Crippen molar-refractivity contribution in [3.63, 3.8) is 0 Å². The van der Waals surface area contributed by atoms with E-state index in [1.807, 2.05) is 25.1 Å². The van der Waals surface area contributed by atoms with Crippen LogP contribution in [0.25, 0.3) is 0 Å². The van der Waals surface area contributed by atoms with Crippen LogP contribution >= 0.6 is 0 Å². The third-order valence-corrected chi connectivity index (χ3v) is 3.85. The van der Waals surface area contributed by atoms with E-state index >= 15 is 0 Å². The van der Waals surface area contributed by atoms with Crippen molar-refractivity contribution in [3.05, 3.63) is 59.2 Å². The summed E-state index contributed by atoms with van der Waals surface area (Å²) < 4.78 is 0. The van der Waals surface area contributed by atoms with Crippen LogP contribution in [0, 0.1) is 6.92 Å². The molecule has 2 aromatic rings. The first-order chi connectivity index (χ1) is 10.1. The number of hydrogen-bond acceptors (Lipinski definition) is 3. The number of hydrogen-bond donors (Lipinski definition) is 3. The molecule has 0 spiro atoms. The number of nitrogens with one attached hydrogen (secondary N) is 2. The minimum Gasteiger partial charge on any atom is -0.508 e. The number of aryl methyl sites for hydroxylation is 1. The van der Waals surface area contributed by atoms with Gasteiger partial charge in [-0.1, -0.05) is 30.3 Å². The lowest BCUT2D eigenvalue weighted by Crippen LogP contribution is -2.38. The minimum absolute atomic E-state index is 0.106. The summed E-state index contributed by atoms with van der Waals surface area (Å²) in [5.41, 5.74) is 3.63. The largest absolute Gasteiger partial charge is 0.508 e. The summed E-state index contributed by atoms with van der Waals surface area (Å²) in [4.78, 5) is 12.5. The SMILES string of the molecule is Cc1ccc(NC(=O)C2NCCc3ccccc32)cc1O. The Kier molecular flexibility index (Phi) is 3.62. The van der Waals surface area contributed by atoms with Crippen LogP contribution < -0.4 is 10.6 Å². The minimum atomic E-state index is -0.349. The highest BCUT2D eigenvalue weighted by atomic mass is 16.3. The number of rotatable bonds is 2. The summed E-state index contributed by atoms with van der Waals surface area (Å²) in [7, 11) is 0. The zero-order chi connectivity index (χ0) is 14.8. The Morgan fingerprint density at radius 1 is 1.29 bits per heavy atom. The van der Waals surface area contributed by atoms with Crippen molar-refractivity contribution < 1.29 is 9.90 Å². The molecule has 0 aromatic heterocycles. The highest BCUT2D eigenvalue weighted by Crippen LogP contribution is 2.25. The molecule has 108 valence electrons. The molecule has 1 aliphatic rings. The zero-order valence-electron chi connectivity index (χ0n) is 11.9. The van der Waals surface area contributed by atoms with Gasteiger partial charge in [0.05, 0.1) is 0 Å². The number of phenolic OH excluding ortho intramolecular Hbond substituents is 1. The average molecular weight is 282 g/mol. The smallest absolute Gasteiger partial charge is 0.246 e. The van der Waals surface area contributed by atoms with Crippen LogP contribution in [0.4, 0.5) is 5.69 Å². The second kappa shape index (κ2) is 5.58. The summed E-state index contributed by atoms with van der Waals surface area (Å²) in [6.07, 6.45) is 0.936. The summed E-state index contributed by atoms with van der Waals surface area (Å²) in [6.45, 7) is 2.61. The second-order valence-electron chi connectivity index (χ2n) is 5.33. The number of fused-ring (bicyclic) bond motifs is 1. The first kappa shape index (κ1) is 13.6. The molecule has 1 heterocycles. The molecule has 1 unspecified atom stereocenters. The fraction of sp³-hybridized carbons (Fsp3) is 0.235. The predicted molar refractivity (Wildman–Crippen MR) is 82.4 cm³/mol. The number of anilines is 1. The van der Waals surface area contributed by atoms with Crippen LogP contribution in [0.5, 0.6) is 5.75 Å². The van der Waals surface area contributed by atoms with Gasteiger partial charge in [-0.15, -0.1) is 0 Å². The Morgan fingerprint density at radius 3 is 2.90 bits per heavy atom. The maximum atomic E-state index is 12.5. The topological polar surface area (TPSA) is 61.4 Å². The number of carbonyl (C=O) groups is 1. The molecule has 1 amide bonds. The Morgan fingerprint density at radius 2 is 2.10 bits per heavy atom. The quantitative estimate of drug-likeness (QED) is 0.793. The zero-order valence-corrected chi connectivity index (χ0v) is 11.9. The normalized spacial score (nSPS) is 17.1. The van der Waals surface area contributed by atoms with Crippen LogP contribution in [-0.2, 0) is 11.2 Å². The van der Waals surface area contributed by atoms with Gasteiger partial charge in [-0.25, -0.2) is 0 Å². The fourth-order valence-electron chi connectivity index (χ4n) is 2.64. The Bertz CT molecular complexity index is 682. The molecular formula is C17H18N2O2. The van der Waals surface area contributed by atoms with E-state index < -0.39 is 0 Å². The molecule has 3 rings (SSSR count). The van der Waals surface area contributed by atoms with Crippen LogP contribution in [0.15, 0.2) is 42.5 Å². The Labute approximate surface area is 123 Å². The van der Waals surface area contributed by atoms with Gasteiger partial charge < -0.3 is 15.7 Å². The number of amides is 1. The van der Waals surface area contributed by atoms with Gasteiger partial charge in [0.25, 0.3) is 0 Å². The van der Waals surface area contributed by atoms with Crippen LogP contribution in [-0.4, -0.2) is 17.6 Å². The summed E-state index contributed by atoms with van der Waals surface area (Å²) in [5, 5.41) is 15.8. The van der Waals surface area contributed by atoms with Crippen molar-refractivity contribution in [2.75, 3.05) is 11.9 Å². The third kappa shape index (κ3) is 2.76. The molecule has 2 aromatic carbocycles. The molecule has 0 saturated heterocycles. The average Bonchev–Trinajstić information content (AvgIpc) is 2.50. The standard InChI is InChI=1S/C17H18N2O2/c1-11-6-7-13(10-15(11)20)19-17(21)16-14-5-3-2-4-12(14)8-9-18-16/h2-7,10,16,18,20H,8-9H2,1H3,(H,19,21). The van der Waals surface area contributed by atoms with E-state index in [0.29, 0.717) is 5.69 Å². The van der Waals surface area contributed by atoms with Crippen molar-refractivity contribution in [2.45, 2.75) is 19.4 Å². The first-order valence-corrected chi connectivity index (χ1v) is 7.07. The lowest BCUT2D eigenvalue weighted by atomic mass is 9.94. The van der Waals surface area contributed by atoms with Crippen LogP contribution in [0.3, 0.4) is 0 Å². The Balaban J connectivity index is 1.81. The molecule has 0 saturated carbocycles. The van der Waals surface area contributed by atoms with E-state index in [0.717, 1.165) is 24.1 Å². The van der Waals surface area contributed by atoms with E-state index in [9.17, 15) is 9.90 Å². The highest BCUT2D eigenvalue weighted by Gasteiger charge is 2.25. The molecule has 4 nitrogen and oxygen atoms in total. The van der Waals surface area contributed by atoms with Crippen molar-refractivity contribution in [1.82, 2.24) is 5.32 Å². The third-order valence-electron chi connectivity index (χ3n) is 3.85. The highest BCUT2D eigenvalue weighted by molar-refractivity contribution is 5.96. The van der Waals surface area contributed by atoms with Gasteiger partial charge in [0.1, 0.15) is 11.8 Å². The molecule has 1 aliphatic heterocycles. The molecule has 3 N–H and O–H groups in total. The number of carbonyl (C=O) groups excluding carboxylic acids is 1. The predicted octanol–water partition coefficient (Wildman–Crippen LogP) is 2.53. The monoisotopic (exact) mass is 282 g/mol. The molecule has 21 heavy (non-hydrogen) atoms. The lowest BCUT2D eigenvalue weighted by Gasteiger charge is -2.26. The van der Waals surface area contributed by atoms with E-state index in [1.54, 1.807) is 18.2 Å². The van der Waals surface area contributed by atoms with Crippen molar-refractivity contribution in [3.8, 4) is 5.75 Å². The van der Waals surface area contributed by atoms with Gasteiger partial charge >= 0.3 is 0 Å². The van der Waals surface area contributed by atoms with Crippen LogP contribution in [0.2, 0.25) is 0 Å². The van der Waals surface area contributed by atoms with Crippen molar-refractivity contribution >= 4 is 11.6 Å². The van der Waals surface area contributed by atoms with E-state index in [4.69, 9.17) is 0 Å². The molecule has 0 bridgehead atoms. The number of aromatic hydroxyl groups is 1. The van der Waals surface area contributed by atoms with Crippen molar-refractivity contribution in [1.29, 1.82) is 0 Å². The summed E-state index contributed by atoms with van der Waals surface area (Å²) >= 11 is 0. The maximum Gasteiger partial charge on any atom is 0.246 e. The fourth-order valence-corrected chi connectivity index (χ4v) is 2.64. The van der Waals surface area contributed by atoms with E-state index in [1.165, 1.54) is 5.56 Å². The summed E-state index contributed by atoms with van der Waals surface area (Å²) in [5.74, 6) is 0.0789. The van der Waals surface area contributed by atoms with Crippen molar-refractivity contribution in [2.24, 2.45) is 0 Å². The lowest BCUT2D eigenvalue weighted by molar-refractivity contribution is -0.118. The summed E-state index contributed by atoms with van der Waals surface area (Å²) in [6, 6.07) is 12.8. The second-order valence-corrected chi connectivity index (χ2v) is 5.33. The Hall–Kier alpha value is -2.33.